The van der Waals surface area contributed by atoms with Gasteiger partial charge in [-0.15, -0.1) is 11.3 Å². The van der Waals surface area contributed by atoms with Crippen LogP contribution in [0.15, 0.2) is 17.5 Å². The summed E-state index contributed by atoms with van der Waals surface area (Å²) in [6, 6.07) is 3.58. The van der Waals surface area contributed by atoms with E-state index in [1.807, 2.05) is 45.2 Å². The van der Waals surface area contributed by atoms with Gasteiger partial charge in [-0.1, -0.05) is 0 Å². The van der Waals surface area contributed by atoms with Crippen LogP contribution in [0.4, 0.5) is 5.95 Å². The molecule has 0 fully saturated rings. The lowest BCUT2D eigenvalue weighted by Crippen LogP contribution is -2.50. The number of hydrogen-bond donors (Lipinski definition) is 2. The van der Waals surface area contributed by atoms with Crippen molar-refractivity contribution in [3.63, 3.8) is 0 Å². The molecule has 21 heavy (non-hydrogen) atoms. The average Bonchev–Trinajstić information content (AvgIpc) is 2.80. The summed E-state index contributed by atoms with van der Waals surface area (Å²) in [4.78, 5) is 9.77. The highest BCUT2D eigenvalue weighted by molar-refractivity contribution is 7.10. The smallest absolute Gasteiger partial charge is 0.223 e. The zero-order valence-corrected chi connectivity index (χ0v) is 13.4. The van der Waals surface area contributed by atoms with Gasteiger partial charge in [0, 0.05) is 11.4 Å². The van der Waals surface area contributed by atoms with Crippen LogP contribution < -0.4 is 10.1 Å². The minimum Gasteiger partial charge on any atom is -0.484 e. The summed E-state index contributed by atoms with van der Waals surface area (Å²) in [5.41, 5.74) is 1.14. The van der Waals surface area contributed by atoms with E-state index in [1.54, 1.807) is 11.3 Å². The fourth-order valence-corrected chi connectivity index (χ4v) is 3.48. The van der Waals surface area contributed by atoms with Gasteiger partial charge in [-0.05, 0) is 45.2 Å². The van der Waals surface area contributed by atoms with Crippen LogP contribution in [0.5, 0.6) is 5.75 Å². The van der Waals surface area contributed by atoms with Crippen molar-refractivity contribution in [1.82, 2.24) is 9.97 Å². The Kier molecular flexibility index (Phi) is 3.37. The molecule has 0 aliphatic carbocycles. The quantitative estimate of drug-likeness (QED) is 0.893. The third kappa shape index (κ3) is 2.61. The Balaban J connectivity index is 1.97. The summed E-state index contributed by atoms with van der Waals surface area (Å²) in [5, 5.41) is 15.9. The van der Waals surface area contributed by atoms with Crippen LogP contribution in [0.3, 0.4) is 0 Å². The van der Waals surface area contributed by atoms with Crippen molar-refractivity contribution in [2.24, 2.45) is 0 Å². The van der Waals surface area contributed by atoms with Crippen LogP contribution in [0.1, 0.15) is 36.2 Å². The first-order valence-corrected chi connectivity index (χ1v) is 7.78. The summed E-state index contributed by atoms with van der Waals surface area (Å²) in [5.74, 6) is 1.35. The third-order valence-corrected chi connectivity index (χ3v) is 4.59. The number of nitrogens with one attached hydrogen (secondary N) is 1. The van der Waals surface area contributed by atoms with Gasteiger partial charge in [-0.25, -0.2) is 9.97 Å². The number of thiophene rings is 1. The molecule has 1 aliphatic heterocycles. The predicted molar refractivity (Wildman–Crippen MR) is 82.9 cm³/mol. The lowest BCUT2D eigenvalue weighted by molar-refractivity contribution is -0.0519. The molecule has 3 heterocycles. The number of rotatable bonds is 2. The van der Waals surface area contributed by atoms with Gasteiger partial charge in [-0.3, -0.25) is 0 Å². The molecule has 0 unspecified atom stereocenters. The van der Waals surface area contributed by atoms with Crippen LogP contribution in [0, 0.1) is 13.8 Å². The molecule has 6 heteroatoms. The molecule has 0 aromatic carbocycles. The van der Waals surface area contributed by atoms with Crippen molar-refractivity contribution in [1.29, 1.82) is 0 Å². The van der Waals surface area contributed by atoms with Gasteiger partial charge in [0.05, 0.1) is 10.9 Å². The molecule has 2 N–H and O–H groups in total. The topological polar surface area (TPSA) is 67.3 Å². The molecule has 2 aromatic heterocycles. The number of hydrogen-bond acceptors (Lipinski definition) is 6. The third-order valence-electron chi connectivity index (χ3n) is 3.61. The van der Waals surface area contributed by atoms with Gasteiger partial charge in [0.15, 0.2) is 0 Å². The van der Waals surface area contributed by atoms with Crippen molar-refractivity contribution >= 4 is 17.3 Å². The van der Waals surface area contributed by atoms with E-state index >= 15 is 0 Å². The first-order valence-electron chi connectivity index (χ1n) is 6.90. The molecular weight excluding hydrogens is 286 g/mol. The van der Waals surface area contributed by atoms with Crippen LogP contribution in [-0.4, -0.2) is 26.8 Å². The molecule has 0 radical (unpaired) electrons. The first kappa shape index (κ1) is 14.3. The summed E-state index contributed by atoms with van der Waals surface area (Å²) in [7, 11) is 0. The number of aryl methyl sites for hydroxylation is 2. The molecule has 2 atom stereocenters. The highest BCUT2D eigenvalue weighted by atomic mass is 32.1. The summed E-state index contributed by atoms with van der Waals surface area (Å²) in [6.45, 7) is 7.63. The average molecular weight is 305 g/mol. The van der Waals surface area contributed by atoms with Crippen molar-refractivity contribution in [2.75, 3.05) is 5.32 Å². The summed E-state index contributed by atoms with van der Waals surface area (Å²) < 4.78 is 5.87. The Morgan fingerprint density at radius 1 is 1.29 bits per heavy atom. The Morgan fingerprint density at radius 3 is 2.62 bits per heavy atom. The molecule has 2 aromatic rings. The van der Waals surface area contributed by atoms with Gasteiger partial charge >= 0.3 is 0 Å². The molecule has 112 valence electrons. The van der Waals surface area contributed by atoms with Crippen molar-refractivity contribution < 1.29 is 9.84 Å². The van der Waals surface area contributed by atoms with Gasteiger partial charge in [0.25, 0.3) is 0 Å². The molecule has 0 saturated heterocycles. The fraction of sp³-hybridized carbons (Fsp3) is 0.467. The number of nitrogens with zero attached hydrogens (tertiary/aromatic N) is 2. The van der Waals surface area contributed by atoms with Crippen LogP contribution in [-0.2, 0) is 0 Å². The maximum atomic E-state index is 10.6. The monoisotopic (exact) mass is 305 g/mol. The lowest BCUT2D eigenvalue weighted by Gasteiger charge is -2.40. The second-order valence-electron chi connectivity index (χ2n) is 5.90. The maximum absolute atomic E-state index is 10.6. The zero-order valence-electron chi connectivity index (χ0n) is 12.5. The largest absolute Gasteiger partial charge is 0.484 e. The van der Waals surface area contributed by atoms with Crippen LogP contribution >= 0.6 is 11.3 Å². The van der Waals surface area contributed by atoms with Gasteiger partial charge in [-0.2, -0.15) is 0 Å². The maximum Gasteiger partial charge on any atom is 0.223 e. The van der Waals surface area contributed by atoms with Crippen molar-refractivity contribution in [3.05, 3.63) is 33.8 Å². The highest BCUT2D eigenvalue weighted by Gasteiger charge is 2.44. The molecule has 0 saturated carbocycles. The van der Waals surface area contributed by atoms with Crippen LogP contribution in [0.2, 0.25) is 0 Å². The van der Waals surface area contributed by atoms with Gasteiger partial charge < -0.3 is 15.2 Å². The first-order chi connectivity index (χ1) is 9.87. The number of anilines is 1. The molecular formula is C15H19N3O2S. The van der Waals surface area contributed by atoms with E-state index in [-0.39, 0.29) is 6.04 Å². The Morgan fingerprint density at radius 2 is 1.95 bits per heavy atom. The number of aromatic nitrogens is 2. The Labute approximate surface area is 128 Å². The molecule has 5 nitrogen and oxygen atoms in total. The van der Waals surface area contributed by atoms with E-state index in [0.717, 1.165) is 22.0 Å². The summed E-state index contributed by atoms with van der Waals surface area (Å²) in [6.07, 6.45) is -0.687. The lowest BCUT2D eigenvalue weighted by atomic mass is 9.91. The number of ether oxygens (including phenoxy) is 1. The van der Waals surface area contributed by atoms with E-state index < -0.39 is 11.7 Å². The van der Waals surface area contributed by atoms with Gasteiger partial charge in [0.1, 0.15) is 17.5 Å². The number of aliphatic hydroxyl groups excluding tert-OH is 1. The normalized spacial score (nSPS) is 23.3. The van der Waals surface area contributed by atoms with Crippen molar-refractivity contribution in [2.45, 2.75) is 45.4 Å². The standard InChI is InChI=1S/C15H19N3O2S/c1-8-7-9(2)17-14(16-8)18-11-12-10(5-6-21-12)20-15(3,4)13(11)19/h5-7,11,13,19H,1-4H3,(H,16,17,18)/t11-,13+/m0/s1. The van der Waals surface area contributed by atoms with E-state index in [2.05, 4.69) is 15.3 Å². The number of aliphatic hydroxyl groups is 1. The highest BCUT2D eigenvalue weighted by Crippen LogP contribution is 2.44. The molecule has 1 aliphatic rings. The van der Waals surface area contributed by atoms with Crippen LogP contribution in [0.25, 0.3) is 0 Å². The molecule has 0 amide bonds. The second-order valence-corrected chi connectivity index (χ2v) is 6.84. The SMILES string of the molecule is Cc1cc(C)nc(N[C@H]2c3sccc3OC(C)(C)[C@@H]2O)n1. The Bertz CT molecular complexity index is 648. The minimum atomic E-state index is -0.687. The molecule has 3 rings (SSSR count). The van der Waals surface area contributed by atoms with E-state index in [1.165, 1.54) is 0 Å². The fourth-order valence-electron chi connectivity index (χ4n) is 2.58. The minimum absolute atomic E-state index is 0.273. The Hall–Kier alpha value is -1.66. The second kappa shape index (κ2) is 4.96. The summed E-state index contributed by atoms with van der Waals surface area (Å²) >= 11 is 1.56. The zero-order chi connectivity index (χ0) is 15.2. The molecule has 0 spiro atoms. The molecule has 0 bridgehead atoms. The van der Waals surface area contributed by atoms with E-state index in [4.69, 9.17) is 4.74 Å². The van der Waals surface area contributed by atoms with Gasteiger partial charge in [0.2, 0.25) is 5.95 Å². The predicted octanol–water partition coefficient (Wildman–Crippen LogP) is 2.84. The number of fused-ring (bicyclic) bond motifs is 1. The van der Waals surface area contributed by atoms with Crippen molar-refractivity contribution in [3.8, 4) is 5.75 Å². The van der Waals surface area contributed by atoms with E-state index in [9.17, 15) is 5.11 Å². The van der Waals surface area contributed by atoms with E-state index in [0.29, 0.717) is 5.95 Å².